The Hall–Kier alpha value is -2.59. The first-order valence-corrected chi connectivity index (χ1v) is 10.2. The van der Waals surface area contributed by atoms with Crippen molar-refractivity contribution in [3.8, 4) is 11.1 Å². The van der Waals surface area contributed by atoms with Gasteiger partial charge in [-0.1, -0.05) is 61.7 Å². The Morgan fingerprint density at radius 2 is 1.75 bits per heavy atom. The number of pyridine rings is 1. The van der Waals surface area contributed by atoms with Crippen molar-refractivity contribution in [1.29, 1.82) is 0 Å². The summed E-state index contributed by atoms with van der Waals surface area (Å²) < 4.78 is 1.98. The van der Waals surface area contributed by atoms with Crippen molar-refractivity contribution in [1.82, 2.24) is 4.57 Å². The molecule has 0 atom stereocenters. The molecule has 1 amide bonds. The average molecular weight is 397 g/mol. The van der Waals surface area contributed by atoms with Crippen LogP contribution in [0.2, 0.25) is 5.02 Å². The molecule has 1 heterocycles. The summed E-state index contributed by atoms with van der Waals surface area (Å²) in [5.41, 5.74) is 1.74. The number of halogens is 1. The zero-order chi connectivity index (χ0) is 20.1. The fraction of sp³-hybridized carbons (Fsp3) is 0.304. The van der Waals surface area contributed by atoms with Crippen molar-refractivity contribution in [3.05, 3.63) is 63.8 Å². The van der Waals surface area contributed by atoms with Crippen LogP contribution in [0.15, 0.2) is 53.3 Å². The summed E-state index contributed by atoms with van der Waals surface area (Å²) in [4.78, 5) is 26.0. The lowest BCUT2D eigenvalue weighted by atomic mass is 10.0. The zero-order valence-electron chi connectivity index (χ0n) is 16.3. The van der Waals surface area contributed by atoms with E-state index in [1.165, 1.54) is 0 Å². The maximum atomic E-state index is 13.4. The number of fused-ring (bicyclic) bond motifs is 1. The fourth-order valence-electron chi connectivity index (χ4n) is 3.50. The SMILES string of the molecule is CCCCCC(=O)Nc1c(-c2ccccc2Cl)c(=O)c2ccccc2n1CC. The largest absolute Gasteiger partial charge is 0.327 e. The number of para-hydroxylation sites is 1. The summed E-state index contributed by atoms with van der Waals surface area (Å²) in [6.07, 6.45) is 3.31. The van der Waals surface area contributed by atoms with Gasteiger partial charge in [0.2, 0.25) is 5.91 Å². The zero-order valence-corrected chi connectivity index (χ0v) is 17.1. The molecule has 3 aromatic rings. The number of nitrogens with zero attached hydrogens (tertiary/aromatic N) is 1. The molecular formula is C23H25ClN2O2. The Morgan fingerprint density at radius 1 is 1.04 bits per heavy atom. The van der Waals surface area contributed by atoms with Crippen LogP contribution in [-0.2, 0) is 11.3 Å². The molecule has 0 radical (unpaired) electrons. The first-order valence-electron chi connectivity index (χ1n) is 9.78. The molecule has 0 aliphatic carbocycles. The van der Waals surface area contributed by atoms with E-state index in [9.17, 15) is 9.59 Å². The lowest BCUT2D eigenvalue weighted by Gasteiger charge is -2.20. The van der Waals surface area contributed by atoms with Crippen molar-refractivity contribution in [2.45, 2.75) is 46.1 Å². The molecule has 4 nitrogen and oxygen atoms in total. The Morgan fingerprint density at radius 3 is 2.46 bits per heavy atom. The van der Waals surface area contributed by atoms with E-state index in [1.807, 2.05) is 54.0 Å². The molecule has 2 aromatic carbocycles. The highest BCUT2D eigenvalue weighted by atomic mass is 35.5. The lowest BCUT2D eigenvalue weighted by Crippen LogP contribution is -2.22. The number of rotatable bonds is 7. The molecule has 0 saturated carbocycles. The summed E-state index contributed by atoms with van der Waals surface area (Å²) in [6.45, 7) is 4.72. The third kappa shape index (κ3) is 3.97. The topological polar surface area (TPSA) is 51.1 Å². The highest BCUT2D eigenvalue weighted by molar-refractivity contribution is 6.33. The van der Waals surface area contributed by atoms with E-state index in [0.29, 0.717) is 40.3 Å². The van der Waals surface area contributed by atoms with Crippen LogP contribution in [0, 0.1) is 0 Å². The second-order valence-electron chi connectivity index (χ2n) is 6.80. The minimum absolute atomic E-state index is 0.0846. The first kappa shape index (κ1) is 20.2. The average Bonchev–Trinajstić information content (AvgIpc) is 2.70. The number of hydrogen-bond acceptors (Lipinski definition) is 2. The van der Waals surface area contributed by atoms with Crippen molar-refractivity contribution in [3.63, 3.8) is 0 Å². The minimum Gasteiger partial charge on any atom is -0.327 e. The molecule has 5 heteroatoms. The highest BCUT2D eigenvalue weighted by Gasteiger charge is 2.21. The highest BCUT2D eigenvalue weighted by Crippen LogP contribution is 2.33. The molecule has 0 spiro atoms. The molecule has 1 aromatic heterocycles. The van der Waals surface area contributed by atoms with Crippen LogP contribution in [0.5, 0.6) is 0 Å². The van der Waals surface area contributed by atoms with Gasteiger partial charge in [0.15, 0.2) is 5.43 Å². The lowest BCUT2D eigenvalue weighted by molar-refractivity contribution is -0.116. The van der Waals surface area contributed by atoms with Crippen LogP contribution < -0.4 is 10.7 Å². The fourth-order valence-corrected chi connectivity index (χ4v) is 3.73. The van der Waals surface area contributed by atoms with E-state index in [4.69, 9.17) is 11.6 Å². The van der Waals surface area contributed by atoms with Crippen LogP contribution in [0.4, 0.5) is 5.82 Å². The second kappa shape index (κ2) is 9.07. The molecule has 0 bridgehead atoms. The van der Waals surface area contributed by atoms with Gasteiger partial charge in [-0.05, 0) is 31.5 Å². The van der Waals surface area contributed by atoms with Gasteiger partial charge in [0.1, 0.15) is 5.82 Å². The molecule has 0 aliphatic rings. The predicted octanol–water partition coefficient (Wildman–Crippen LogP) is 5.86. The normalized spacial score (nSPS) is 11.0. The number of aryl methyl sites for hydroxylation is 1. The van der Waals surface area contributed by atoms with Gasteiger partial charge in [-0.3, -0.25) is 9.59 Å². The van der Waals surface area contributed by atoms with Crippen molar-refractivity contribution < 1.29 is 4.79 Å². The Balaban J connectivity index is 2.24. The summed E-state index contributed by atoms with van der Waals surface area (Å²) in [7, 11) is 0. The Labute approximate surface area is 170 Å². The molecule has 0 saturated heterocycles. The number of amides is 1. The molecular weight excluding hydrogens is 372 g/mol. The smallest absolute Gasteiger partial charge is 0.225 e. The van der Waals surface area contributed by atoms with Gasteiger partial charge in [-0.25, -0.2) is 0 Å². The molecule has 28 heavy (non-hydrogen) atoms. The van der Waals surface area contributed by atoms with E-state index in [0.717, 1.165) is 24.8 Å². The predicted molar refractivity (Wildman–Crippen MR) is 117 cm³/mol. The maximum Gasteiger partial charge on any atom is 0.225 e. The third-order valence-corrected chi connectivity index (χ3v) is 5.23. The molecule has 1 N–H and O–H groups in total. The summed E-state index contributed by atoms with van der Waals surface area (Å²) in [6, 6.07) is 14.7. The van der Waals surface area contributed by atoms with E-state index >= 15 is 0 Å². The van der Waals surface area contributed by atoms with Gasteiger partial charge in [0.05, 0.1) is 11.1 Å². The summed E-state index contributed by atoms with van der Waals surface area (Å²) in [5, 5.41) is 4.11. The van der Waals surface area contributed by atoms with Gasteiger partial charge in [0.25, 0.3) is 0 Å². The number of benzene rings is 2. The van der Waals surface area contributed by atoms with Gasteiger partial charge in [-0.15, -0.1) is 0 Å². The molecule has 0 aliphatic heterocycles. The number of unbranched alkanes of at least 4 members (excludes halogenated alkanes) is 2. The number of anilines is 1. The van der Waals surface area contributed by atoms with Crippen molar-refractivity contribution >= 4 is 34.2 Å². The molecule has 146 valence electrons. The number of nitrogens with one attached hydrogen (secondary N) is 1. The van der Waals surface area contributed by atoms with Crippen LogP contribution in [-0.4, -0.2) is 10.5 Å². The van der Waals surface area contributed by atoms with Gasteiger partial charge in [-0.2, -0.15) is 0 Å². The summed E-state index contributed by atoms with van der Waals surface area (Å²) >= 11 is 6.43. The number of aromatic nitrogens is 1. The van der Waals surface area contributed by atoms with Gasteiger partial charge >= 0.3 is 0 Å². The molecule has 0 fully saturated rings. The maximum absolute atomic E-state index is 13.4. The van der Waals surface area contributed by atoms with E-state index in [1.54, 1.807) is 6.07 Å². The van der Waals surface area contributed by atoms with E-state index < -0.39 is 0 Å². The van der Waals surface area contributed by atoms with Crippen LogP contribution in [0.25, 0.3) is 22.0 Å². The Bertz CT molecular complexity index is 1060. The summed E-state index contributed by atoms with van der Waals surface area (Å²) in [5.74, 6) is 0.430. The number of carbonyl (C=O) groups is 1. The quantitative estimate of drug-likeness (QED) is 0.508. The standard InChI is InChI=1S/C23H25ClN2O2/c1-3-5-6-15-20(27)25-23-21(16-11-7-9-13-18(16)24)22(28)17-12-8-10-14-19(17)26(23)4-2/h7-14H,3-6,15H2,1-2H3,(H,25,27). The molecule has 3 rings (SSSR count). The van der Waals surface area contributed by atoms with Crippen LogP contribution in [0.1, 0.15) is 39.5 Å². The van der Waals surface area contributed by atoms with E-state index in [-0.39, 0.29) is 11.3 Å². The van der Waals surface area contributed by atoms with Crippen molar-refractivity contribution in [2.75, 3.05) is 5.32 Å². The number of hydrogen-bond donors (Lipinski definition) is 1. The Kier molecular flexibility index (Phi) is 6.53. The minimum atomic E-state index is -0.128. The van der Waals surface area contributed by atoms with Crippen LogP contribution in [0.3, 0.4) is 0 Å². The van der Waals surface area contributed by atoms with Gasteiger partial charge < -0.3 is 9.88 Å². The molecule has 0 unspecified atom stereocenters. The monoisotopic (exact) mass is 396 g/mol. The van der Waals surface area contributed by atoms with Gasteiger partial charge in [0, 0.05) is 28.9 Å². The number of carbonyl (C=O) groups excluding carboxylic acids is 1. The van der Waals surface area contributed by atoms with Crippen molar-refractivity contribution in [2.24, 2.45) is 0 Å². The van der Waals surface area contributed by atoms with E-state index in [2.05, 4.69) is 12.2 Å². The third-order valence-electron chi connectivity index (χ3n) is 4.90. The second-order valence-corrected chi connectivity index (χ2v) is 7.21. The first-order chi connectivity index (χ1) is 13.6. The van der Waals surface area contributed by atoms with Crippen LogP contribution >= 0.6 is 11.6 Å².